The second kappa shape index (κ2) is 6.03. The van der Waals surface area contributed by atoms with Crippen LogP contribution in [-0.4, -0.2) is 15.5 Å². The van der Waals surface area contributed by atoms with Crippen LogP contribution in [0.15, 0.2) is 51.8 Å². The molecule has 20 heavy (non-hydrogen) atoms. The summed E-state index contributed by atoms with van der Waals surface area (Å²) in [7, 11) is -1.99. The van der Waals surface area contributed by atoms with Crippen molar-refractivity contribution in [1.29, 1.82) is 0 Å². The summed E-state index contributed by atoms with van der Waals surface area (Å²) in [5, 5.41) is 3.38. The quantitative estimate of drug-likeness (QED) is 0.851. The molecule has 0 heterocycles. The molecule has 4 nitrogen and oxygen atoms in total. The predicted molar refractivity (Wildman–Crippen MR) is 85.9 cm³/mol. The van der Waals surface area contributed by atoms with Crippen molar-refractivity contribution >= 4 is 48.9 Å². The first-order valence-corrected chi connectivity index (χ1v) is 8.34. The highest BCUT2D eigenvalue weighted by atomic mass is 79.9. The molecule has 2 rings (SSSR count). The van der Waals surface area contributed by atoms with Crippen molar-refractivity contribution in [2.45, 2.75) is 4.90 Å². The first-order valence-electron chi connectivity index (χ1n) is 5.68. The Kier molecular flexibility index (Phi) is 4.57. The van der Waals surface area contributed by atoms with Crippen LogP contribution in [0.25, 0.3) is 0 Å². The van der Waals surface area contributed by atoms with Crippen molar-refractivity contribution in [2.75, 3.05) is 17.1 Å². The molecule has 0 aliphatic rings. The Labute approximate surface area is 131 Å². The Morgan fingerprint density at radius 3 is 2.50 bits per heavy atom. The third-order valence-electron chi connectivity index (χ3n) is 2.62. The highest BCUT2D eigenvalue weighted by molar-refractivity contribution is 9.10. The Morgan fingerprint density at radius 1 is 1.15 bits per heavy atom. The zero-order chi connectivity index (χ0) is 14.8. The fourth-order valence-electron chi connectivity index (χ4n) is 1.68. The van der Waals surface area contributed by atoms with Crippen molar-refractivity contribution < 1.29 is 8.42 Å². The van der Waals surface area contributed by atoms with E-state index in [2.05, 4.69) is 26.0 Å². The lowest BCUT2D eigenvalue weighted by Gasteiger charge is -2.12. The van der Waals surface area contributed by atoms with Crippen LogP contribution in [0.4, 0.5) is 11.4 Å². The molecular weight excluding hydrogens is 364 g/mol. The molecule has 0 bridgehead atoms. The molecule has 0 amide bonds. The summed E-state index contributed by atoms with van der Waals surface area (Å²) >= 11 is 9.14. The molecule has 0 unspecified atom stereocenters. The van der Waals surface area contributed by atoms with Gasteiger partial charge in [0.15, 0.2) is 0 Å². The zero-order valence-corrected chi connectivity index (χ0v) is 13.7. The minimum Gasteiger partial charge on any atom is -0.387 e. The molecule has 0 saturated carbocycles. The number of hydrogen-bond acceptors (Lipinski definition) is 3. The number of rotatable bonds is 4. The van der Waals surface area contributed by atoms with Gasteiger partial charge in [-0.15, -0.1) is 0 Å². The first kappa shape index (κ1) is 15.2. The van der Waals surface area contributed by atoms with E-state index in [1.807, 2.05) is 0 Å². The highest BCUT2D eigenvalue weighted by Gasteiger charge is 2.18. The molecule has 2 N–H and O–H groups in total. The van der Waals surface area contributed by atoms with Crippen LogP contribution in [0, 0.1) is 0 Å². The molecule has 2 aromatic carbocycles. The monoisotopic (exact) mass is 374 g/mol. The van der Waals surface area contributed by atoms with Gasteiger partial charge in [0.05, 0.1) is 16.4 Å². The van der Waals surface area contributed by atoms with Crippen LogP contribution in [0.5, 0.6) is 0 Å². The lowest BCUT2D eigenvalue weighted by molar-refractivity contribution is 0.601. The van der Waals surface area contributed by atoms with E-state index >= 15 is 0 Å². The van der Waals surface area contributed by atoms with Crippen LogP contribution >= 0.6 is 27.5 Å². The molecule has 0 aromatic heterocycles. The van der Waals surface area contributed by atoms with E-state index in [4.69, 9.17) is 11.6 Å². The smallest absolute Gasteiger partial charge is 0.263 e. The molecule has 2 aromatic rings. The van der Waals surface area contributed by atoms with Gasteiger partial charge in [-0.1, -0.05) is 23.7 Å². The number of anilines is 2. The van der Waals surface area contributed by atoms with E-state index in [0.717, 1.165) is 0 Å². The van der Waals surface area contributed by atoms with E-state index in [1.54, 1.807) is 49.5 Å². The van der Waals surface area contributed by atoms with Gasteiger partial charge in [-0.2, -0.15) is 0 Å². The lowest BCUT2D eigenvalue weighted by Crippen LogP contribution is -2.14. The Morgan fingerprint density at radius 2 is 1.85 bits per heavy atom. The van der Waals surface area contributed by atoms with Crippen molar-refractivity contribution in [2.24, 2.45) is 0 Å². The van der Waals surface area contributed by atoms with E-state index in [-0.39, 0.29) is 4.90 Å². The highest BCUT2D eigenvalue weighted by Crippen LogP contribution is 2.28. The van der Waals surface area contributed by atoms with Crippen LogP contribution in [0.3, 0.4) is 0 Å². The van der Waals surface area contributed by atoms with Crippen molar-refractivity contribution in [3.05, 3.63) is 52.0 Å². The van der Waals surface area contributed by atoms with Crippen molar-refractivity contribution in [3.63, 3.8) is 0 Å². The molecule has 0 spiro atoms. The summed E-state index contributed by atoms with van der Waals surface area (Å²) < 4.78 is 27.9. The number of benzene rings is 2. The topological polar surface area (TPSA) is 58.2 Å². The van der Waals surface area contributed by atoms with Crippen LogP contribution in [0.2, 0.25) is 5.02 Å². The first-order chi connectivity index (χ1) is 9.44. The summed E-state index contributed by atoms with van der Waals surface area (Å²) in [6.07, 6.45) is 0. The molecule has 0 radical (unpaired) electrons. The van der Waals surface area contributed by atoms with Gasteiger partial charge < -0.3 is 5.32 Å². The molecule has 0 aliphatic heterocycles. The second-order valence-electron chi connectivity index (χ2n) is 3.98. The summed E-state index contributed by atoms with van der Waals surface area (Å²) in [5.74, 6) is 0. The van der Waals surface area contributed by atoms with Gasteiger partial charge in [-0.3, -0.25) is 4.72 Å². The Hall–Kier alpha value is -1.24. The van der Waals surface area contributed by atoms with Crippen LogP contribution in [-0.2, 0) is 10.0 Å². The number of sulfonamides is 1. The predicted octanol–water partition coefficient (Wildman–Crippen LogP) is 3.95. The molecule has 106 valence electrons. The summed E-state index contributed by atoms with van der Waals surface area (Å²) in [6.45, 7) is 0. The maximum Gasteiger partial charge on any atom is 0.263 e. The maximum atomic E-state index is 12.4. The van der Waals surface area contributed by atoms with Crippen molar-refractivity contribution in [1.82, 2.24) is 0 Å². The number of nitrogens with one attached hydrogen (secondary N) is 2. The third-order valence-corrected chi connectivity index (χ3v) is 5.27. The van der Waals surface area contributed by atoms with E-state index in [0.29, 0.717) is 20.9 Å². The Bertz CT molecular complexity index is 735. The van der Waals surface area contributed by atoms with E-state index in [9.17, 15) is 8.42 Å². The van der Waals surface area contributed by atoms with Gasteiger partial charge in [0.25, 0.3) is 10.0 Å². The third kappa shape index (κ3) is 3.26. The van der Waals surface area contributed by atoms with Gasteiger partial charge in [0.2, 0.25) is 0 Å². The average molecular weight is 376 g/mol. The molecule has 0 saturated heterocycles. The normalized spacial score (nSPS) is 11.2. The maximum absolute atomic E-state index is 12.4. The molecule has 0 fully saturated rings. The summed E-state index contributed by atoms with van der Waals surface area (Å²) in [4.78, 5) is 0.188. The molecule has 0 aliphatic carbocycles. The summed E-state index contributed by atoms with van der Waals surface area (Å²) in [6, 6.07) is 11.5. The lowest BCUT2D eigenvalue weighted by atomic mass is 10.3. The summed E-state index contributed by atoms with van der Waals surface area (Å²) in [5.41, 5.74) is 0.972. The standard InChI is InChI=1S/C13H12BrClN2O2S/c1-16-12-4-2-3-5-13(12)20(18,19)17-9-6-7-11(15)10(14)8-9/h2-8,16-17H,1H3. The van der Waals surface area contributed by atoms with E-state index in [1.165, 1.54) is 0 Å². The molecule has 0 atom stereocenters. The van der Waals surface area contributed by atoms with Crippen LogP contribution < -0.4 is 10.0 Å². The zero-order valence-electron chi connectivity index (χ0n) is 10.5. The number of halogens is 2. The fourth-order valence-corrected chi connectivity index (χ4v) is 3.44. The van der Waals surface area contributed by atoms with Gasteiger partial charge in [0, 0.05) is 11.5 Å². The molecular formula is C13H12BrClN2O2S. The number of hydrogen-bond donors (Lipinski definition) is 2. The van der Waals surface area contributed by atoms with Gasteiger partial charge in [-0.05, 0) is 46.3 Å². The Balaban J connectivity index is 2.38. The van der Waals surface area contributed by atoms with E-state index < -0.39 is 10.0 Å². The van der Waals surface area contributed by atoms with Gasteiger partial charge in [-0.25, -0.2) is 8.42 Å². The minimum absolute atomic E-state index is 0.188. The van der Waals surface area contributed by atoms with Gasteiger partial charge in [0.1, 0.15) is 4.90 Å². The SMILES string of the molecule is CNc1ccccc1S(=O)(=O)Nc1ccc(Cl)c(Br)c1. The second-order valence-corrected chi connectivity index (χ2v) is 6.89. The van der Waals surface area contributed by atoms with Gasteiger partial charge >= 0.3 is 0 Å². The molecule has 7 heteroatoms. The van der Waals surface area contributed by atoms with Crippen LogP contribution in [0.1, 0.15) is 0 Å². The van der Waals surface area contributed by atoms with Crippen molar-refractivity contribution in [3.8, 4) is 0 Å². The fraction of sp³-hybridized carbons (Fsp3) is 0.0769. The average Bonchev–Trinajstić information content (AvgIpc) is 2.42. The number of para-hydroxylation sites is 1. The minimum atomic E-state index is -3.66. The largest absolute Gasteiger partial charge is 0.387 e.